The van der Waals surface area contributed by atoms with Gasteiger partial charge in [-0.25, -0.2) is 0 Å². The second kappa shape index (κ2) is 8.25. The van der Waals surface area contributed by atoms with Crippen molar-refractivity contribution in [2.75, 3.05) is 25.5 Å². The van der Waals surface area contributed by atoms with Crippen molar-refractivity contribution in [2.45, 2.75) is 46.1 Å². The van der Waals surface area contributed by atoms with Crippen LogP contribution < -0.4 is 15.8 Å². The lowest BCUT2D eigenvalue weighted by Gasteiger charge is -2.23. The molecule has 0 bridgehead atoms. The van der Waals surface area contributed by atoms with Crippen LogP contribution in [0.1, 0.15) is 39.7 Å². The summed E-state index contributed by atoms with van der Waals surface area (Å²) in [7, 11) is 0. The van der Waals surface area contributed by atoms with Crippen LogP contribution in [-0.4, -0.2) is 30.4 Å². The lowest BCUT2D eigenvalue weighted by atomic mass is 10.1. The first-order valence-corrected chi connectivity index (χ1v) is 7.71. The number of rotatable bonds is 9. The van der Waals surface area contributed by atoms with Gasteiger partial charge in [0.05, 0.1) is 18.9 Å². The Morgan fingerprint density at radius 2 is 2.05 bits per heavy atom. The number of nitrogen functional groups attached to an aromatic ring is 1. The highest BCUT2D eigenvalue weighted by molar-refractivity contribution is 5.54. The van der Waals surface area contributed by atoms with Crippen LogP contribution in [0.2, 0.25) is 0 Å². The van der Waals surface area contributed by atoms with Gasteiger partial charge in [-0.3, -0.25) is 0 Å². The van der Waals surface area contributed by atoms with Crippen LogP contribution >= 0.6 is 0 Å². The number of hydrogen-bond acceptors (Lipinski definition) is 4. The van der Waals surface area contributed by atoms with Gasteiger partial charge in [-0.1, -0.05) is 19.9 Å². The zero-order chi connectivity index (χ0) is 15.9. The van der Waals surface area contributed by atoms with Crippen molar-refractivity contribution >= 4 is 5.69 Å². The number of nitrogens with one attached hydrogen (secondary N) is 1. The van der Waals surface area contributed by atoms with Gasteiger partial charge in [0.1, 0.15) is 5.75 Å². The zero-order valence-electron chi connectivity index (χ0n) is 13.8. The molecule has 0 unspecified atom stereocenters. The van der Waals surface area contributed by atoms with Gasteiger partial charge in [-0.05, 0) is 56.8 Å². The number of benzene rings is 1. The fraction of sp³-hybridized carbons (Fsp3) is 0.647. The van der Waals surface area contributed by atoms with E-state index in [-0.39, 0.29) is 12.1 Å². The van der Waals surface area contributed by atoms with Gasteiger partial charge in [-0.2, -0.15) is 0 Å². The predicted octanol–water partition coefficient (Wildman–Crippen LogP) is 2.60. The van der Waals surface area contributed by atoms with E-state index in [4.69, 9.17) is 10.5 Å². The molecule has 0 aliphatic carbocycles. The van der Waals surface area contributed by atoms with Crippen LogP contribution in [0.25, 0.3) is 0 Å². The summed E-state index contributed by atoms with van der Waals surface area (Å²) in [4.78, 5) is 0. The van der Waals surface area contributed by atoms with Crippen LogP contribution in [0.5, 0.6) is 5.75 Å². The fourth-order valence-corrected chi connectivity index (χ4v) is 1.92. The second-order valence-electron chi connectivity index (χ2n) is 6.65. The molecule has 0 aliphatic heterocycles. The summed E-state index contributed by atoms with van der Waals surface area (Å²) in [5, 5.41) is 12.5. The molecule has 21 heavy (non-hydrogen) atoms. The minimum atomic E-state index is -0.215. The fourth-order valence-electron chi connectivity index (χ4n) is 1.92. The number of nitrogens with two attached hydrogens (primary N) is 1. The van der Waals surface area contributed by atoms with Crippen molar-refractivity contribution in [1.82, 2.24) is 5.32 Å². The van der Waals surface area contributed by atoms with E-state index in [0.717, 1.165) is 25.1 Å². The van der Waals surface area contributed by atoms with Gasteiger partial charge in [0, 0.05) is 5.54 Å². The Hall–Kier alpha value is -1.26. The maximum atomic E-state index is 9.17. The third-order valence-electron chi connectivity index (χ3n) is 3.29. The number of hydrogen-bond donors (Lipinski definition) is 3. The molecule has 4 N–H and O–H groups in total. The minimum Gasteiger partial charge on any atom is -0.491 e. The molecule has 0 aliphatic rings. The van der Waals surface area contributed by atoms with Crippen LogP contribution in [0.15, 0.2) is 18.2 Å². The van der Waals surface area contributed by atoms with E-state index in [1.54, 1.807) is 0 Å². The van der Waals surface area contributed by atoms with Crippen molar-refractivity contribution in [1.29, 1.82) is 0 Å². The average Bonchev–Trinajstić information content (AvgIpc) is 2.42. The molecule has 0 fully saturated rings. The summed E-state index contributed by atoms with van der Waals surface area (Å²) in [6.07, 6.45) is 1.97. The summed E-state index contributed by atoms with van der Waals surface area (Å²) in [6, 6.07) is 6.02. The van der Waals surface area contributed by atoms with Crippen LogP contribution in [0.3, 0.4) is 0 Å². The molecule has 4 heteroatoms. The summed E-state index contributed by atoms with van der Waals surface area (Å²) in [6.45, 7) is 9.92. The average molecular weight is 294 g/mol. The van der Waals surface area contributed by atoms with Gasteiger partial charge >= 0.3 is 0 Å². The Morgan fingerprint density at radius 1 is 1.33 bits per heavy atom. The molecular weight excluding hydrogens is 264 g/mol. The standard InChI is InChI=1S/C17H30N2O2/c1-13(2)11-21-16-8-7-14(10-15(16)18)6-5-9-19-17(3,4)12-20/h7-8,10,13,19-20H,5-6,9,11-12,18H2,1-4H3. The molecule has 0 aromatic heterocycles. The van der Waals surface area contributed by atoms with Gasteiger partial charge in [0.25, 0.3) is 0 Å². The van der Waals surface area contributed by atoms with Crippen molar-refractivity contribution in [3.63, 3.8) is 0 Å². The molecule has 0 saturated heterocycles. The van der Waals surface area contributed by atoms with E-state index in [1.165, 1.54) is 5.56 Å². The summed E-state index contributed by atoms with van der Waals surface area (Å²) < 4.78 is 5.67. The number of ether oxygens (including phenoxy) is 1. The molecule has 0 radical (unpaired) electrons. The van der Waals surface area contributed by atoms with Crippen LogP contribution in [0.4, 0.5) is 5.69 Å². The van der Waals surface area contributed by atoms with Crippen LogP contribution in [-0.2, 0) is 6.42 Å². The topological polar surface area (TPSA) is 67.5 Å². The highest BCUT2D eigenvalue weighted by Crippen LogP contribution is 2.23. The van der Waals surface area contributed by atoms with Gasteiger partial charge < -0.3 is 20.9 Å². The van der Waals surface area contributed by atoms with E-state index in [9.17, 15) is 5.11 Å². The molecule has 4 nitrogen and oxygen atoms in total. The lowest BCUT2D eigenvalue weighted by molar-refractivity contribution is 0.188. The summed E-state index contributed by atoms with van der Waals surface area (Å²) in [5.41, 5.74) is 7.74. The Kier molecular flexibility index (Phi) is 6.99. The monoisotopic (exact) mass is 294 g/mol. The van der Waals surface area contributed by atoms with E-state index in [2.05, 4.69) is 25.2 Å². The smallest absolute Gasteiger partial charge is 0.142 e. The summed E-state index contributed by atoms with van der Waals surface area (Å²) >= 11 is 0. The Bertz CT molecular complexity index is 431. The first kappa shape index (κ1) is 17.8. The van der Waals surface area contributed by atoms with Gasteiger partial charge in [0.2, 0.25) is 0 Å². The largest absolute Gasteiger partial charge is 0.491 e. The van der Waals surface area contributed by atoms with E-state index in [0.29, 0.717) is 18.2 Å². The number of aliphatic hydroxyl groups excluding tert-OH is 1. The van der Waals surface area contributed by atoms with Gasteiger partial charge in [0.15, 0.2) is 0 Å². The number of aryl methyl sites for hydroxylation is 1. The van der Waals surface area contributed by atoms with Crippen molar-refractivity contribution in [3.05, 3.63) is 23.8 Å². The molecular formula is C17H30N2O2. The maximum Gasteiger partial charge on any atom is 0.142 e. The van der Waals surface area contributed by atoms with E-state index in [1.807, 2.05) is 26.0 Å². The first-order chi connectivity index (χ1) is 9.84. The van der Waals surface area contributed by atoms with Crippen LogP contribution in [0, 0.1) is 5.92 Å². The molecule has 1 aromatic rings. The molecule has 1 aromatic carbocycles. The molecule has 0 spiro atoms. The highest BCUT2D eigenvalue weighted by Gasteiger charge is 2.14. The Balaban J connectivity index is 2.41. The van der Waals surface area contributed by atoms with E-state index < -0.39 is 0 Å². The number of anilines is 1. The molecule has 0 atom stereocenters. The minimum absolute atomic E-state index is 0.141. The SMILES string of the molecule is CC(C)COc1ccc(CCCNC(C)(C)CO)cc1N. The Labute approximate surface area is 128 Å². The predicted molar refractivity (Wildman–Crippen MR) is 88.7 cm³/mol. The third kappa shape index (κ3) is 6.82. The van der Waals surface area contributed by atoms with Gasteiger partial charge in [-0.15, -0.1) is 0 Å². The quantitative estimate of drug-likeness (QED) is 0.484. The number of aliphatic hydroxyl groups is 1. The second-order valence-corrected chi connectivity index (χ2v) is 6.65. The molecule has 0 saturated carbocycles. The molecule has 0 amide bonds. The van der Waals surface area contributed by atoms with E-state index >= 15 is 0 Å². The molecule has 1 rings (SSSR count). The maximum absolute atomic E-state index is 9.17. The normalized spacial score (nSPS) is 11.9. The Morgan fingerprint density at radius 3 is 2.62 bits per heavy atom. The summed E-state index contributed by atoms with van der Waals surface area (Å²) in [5.74, 6) is 1.26. The molecule has 120 valence electrons. The van der Waals surface area contributed by atoms with Crippen molar-refractivity contribution in [3.8, 4) is 5.75 Å². The van der Waals surface area contributed by atoms with Crippen molar-refractivity contribution < 1.29 is 9.84 Å². The zero-order valence-corrected chi connectivity index (χ0v) is 13.8. The molecule has 0 heterocycles. The highest BCUT2D eigenvalue weighted by atomic mass is 16.5. The van der Waals surface area contributed by atoms with Crippen molar-refractivity contribution in [2.24, 2.45) is 5.92 Å². The third-order valence-corrected chi connectivity index (χ3v) is 3.29. The first-order valence-electron chi connectivity index (χ1n) is 7.71. The lowest BCUT2D eigenvalue weighted by Crippen LogP contribution is -2.43.